The number of ether oxygens (including phenoxy) is 1. The van der Waals surface area contributed by atoms with Gasteiger partial charge in [-0.25, -0.2) is 4.18 Å². The summed E-state index contributed by atoms with van der Waals surface area (Å²) < 4.78 is 29.9. The third-order valence-corrected chi connectivity index (χ3v) is 3.74. The molecule has 22 heavy (non-hydrogen) atoms. The van der Waals surface area contributed by atoms with Gasteiger partial charge in [0.25, 0.3) is 0 Å². The summed E-state index contributed by atoms with van der Waals surface area (Å²) in [4.78, 5) is 11.6. The first-order valence-electron chi connectivity index (χ1n) is 6.70. The number of carbonyl (C=O) groups is 1. The van der Waals surface area contributed by atoms with Crippen LogP contribution in [-0.2, 0) is 25.1 Å². The summed E-state index contributed by atoms with van der Waals surface area (Å²) in [7, 11) is 0. The minimum Gasteiger partial charge on any atom is -0.463 e. The number of carbonyl (C=O) groups excluding carboxylic acids is 1. The summed E-state index contributed by atoms with van der Waals surface area (Å²) in [5, 5.41) is 9.96. The van der Waals surface area contributed by atoms with Crippen molar-refractivity contribution in [3.05, 3.63) is 34.3 Å². The van der Waals surface area contributed by atoms with Gasteiger partial charge in [-0.2, -0.15) is 4.21 Å². The molecular weight excluding hydrogens is 376 g/mol. The standard InChI is InChI=1S/C14H19BrO6S/c1-9(2)20-13(16)8-7-12(14(17)21-22(18)19)10-3-5-11(15)6-4-10/h3-6,9,12,14,17H,7-8H2,1-2H3,(H,18,19)/t12-,14-/m1/s1. The number of aliphatic hydroxyl groups is 1. The number of hydrogen-bond acceptors (Lipinski definition) is 5. The van der Waals surface area contributed by atoms with E-state index in [1.807, 2.05) is 0 Å². The smallest absolute Gasteiger partial charge is 0.306 e. The Bertz CT molecular complexity index is 505. The van der Waals surface area contributed by atoms with Crippen LogP contribution in [0.15, 0.2) is 28.7 Å². The summed E-state index contributed by atoms with van der Waals surface area (Å²) in [6, 6.07) is 7.04. The first-order valence-corrected chi connectivity index (χ1v) is 8.53. The van der Waals surface area contributed by atoms with Crippen LogP contribution in [-0.4, -0.2) is 32.2 Å². The zero-order valence-electron chi connectivity index (χ0n) is 12.3. The van der Waals surface area contributed by atoms with Crippen LogP contribution in [0.5, 0.6) is 0 Å². The zero-order valence-corrected chi connectivity index (χ0v) is 14.7. The molecule has 0 aromatic heterocycles. The highest BCUT2D eigenvalue weighted by Crippen LogP contribution is 2.28. The Balaban J connectivity index is 2.80. The normalized spacial score (nSPS) is 15.4. The molecule has 1 unspecified atom stereocenters. The molecule has 0 spiro atoms. The van der Waals surface area contributed by atoms with Crippen LogP contribution in [0.25, 0.3) is 0 Å². The molecule has 124 valence electrons. The Kier molecular flexibility index (Phi) is 8.19. The van der Waals surface area contributed by atoms with Crippen LogP contribution in [0.2, 0.25) is 0 Å². The second kappa shape index (κ2) is 9.36. The van der Waals surface area contributed by atoms with Crippen LogP contribution >= 0.6 is 15.9 Å². The monoisotopic (exact) mass is 394 g/mol. The molecular formula is C14H19BrO6S. The van der Waals surface area contributed by atoms with Gasteiger partial charge < -0.3 is 9.84 Å². The zero-order chi connectivity index (χ0) is 16.7. The van der Waals surface area contributed by atoms with E-state index in [2.05, 4.69) is 20.1 Å². The molecule has 0 fully saturated rings. The van der Waals surface area contributed by atoms with Crippen LogP contribution in [0.4, 0.5) is 0 Å². The maximum absolute atomic E-state index is 11.6. The number of hydrogen-bond donors (Lipinski definition) is 2. The summed E-state index contributed by atoms with van der Waals surface area (Å²) in [5.74, 6) is -1.02. The van der Waals surface area contributed by atoms with Gasteiger partial charge in [0.1, 0.15) is 0 Å². The van der Waals surface area contributed by atoms with Gasteiger partial charge in [-0.15, -0.1) is 0 Å². The molecule has 1 aromatic carbocycles. The molecule has 0 radical (unpaired) electrons. The van der Waals surface area contributed by atoms with Gasteiger partial charge in [-0.3, -0.25) is 9.35 Å². The first kappa shape index (κ1) is 19.2. The van der Waals surface area contributed by atoms with E-state index in [1.54, 1.807) is 38.1 Å². The average molecular weight is 395 g/mol. The van der Waals surface area contributed by atoms with Gasteiger partial charge in [0.05, 0.1) is 6.10 Å². The van der Waals surface area contributed by atoms with Crippen molar-refractivity contribution < 1.29 is 27.6 Å². The topological polar surface area (TPSA) is 93.1 Å². The van der Waals surface area contributed by atoms with Gasteiger partial charge >= 0.3 is 17.3 Å². The molecule has 1 rings (SSSR count). The molecule has 8 heteroatoms. The van der Waals surface area contributed by atoms with Gasteiger partial charge in [-0.05, 0) is 38.0 Å². The minimum absolute atomic E-state index is 0.0669. The SMILES string of the molecule is CC(C)OC(=O)CC[C@H](c1ccc(Br)cc1)[C@H](O)OS(=O)O. The number of esters is 1. The van der Waals surface area contributed by atoms with Gasteiger partial charge in [0.2, 0.25) is 0 Å². The molecule has 0 saturated heterocycles. The number of aliphatic hydroxyl groups excluding tert-OH is 1. The largest absolute Gasteiger partial charge is 0.463 e. The van der Waals surface area contributed by atoms with Crippen molar-refractivity contribution in [1.82, 2.24) is 0 Å². The molecule has 6 nitrogen and oxygen atoms in total. The fraction of sp³-hybridized carbons (Fsp3) is 0.500. The van der Waals surface area contributed by atoms with Crippen LogP contribution in [0.3, 0.4) is 0 Å². The van der Waals surface area contributed by atoms with Gasteiger partial charge in [-0.1, -0.05) is 28.1 Å². The molecule has 1 aromatic rings. The van der Waals surface area contributed by atoms with Crippen molar-refractivity contribution in [2.45, 2.75) is 45.0 Å². The number of benzene rings is 1. The van der Waals surface area contributed by atoms with Gasteiger partial charge in [0, 0.05) is 16.8 Å². The summed E-state index contributed by atoms with van der Waals surface area (Å²) in [5.41, 5.74) is 0.693. The van der Waals surface area contributed by atoms with Crippen molar-refractivity contribution in [3.63, 3.8) is 0 Å². The third-order valence-electron chi connectivity index (χ3n) is 2.85. The van der Waals surface area contributed by atoms with E-state index in [1.165, 1.54) is 0 Å². The lowest BCUT2D eigenvalue weighted by molar-refractivity contribution is -0.147. The minimum atomic E-state index is -2.59. The van der Waals surface area contributed by atoms with Gasteiger partial charge in [0.15, 0.2) is 6.29 Å². The Morgan fingerprint density at radius 1 is 1.32 bits per heavy atom. The number of rotatable bonds is 8. The molecule has 0 bridgehead atoms. The van der Waals surface area contributed by atoms with Crippen molar-refractivity contribution >= 4 is 33.3 Å². The van der Waals surface area contributed by atoms with Crippen molar-refractivity contribution in [2.75, 3.05) is 0 Å². The van der Waals surface area contributed by atoms with E-state index < -0.39 is 29.5 Å². The molecule has 0 amide bonds. The highest BCUT2D eigenvalue weighted by molar-refractivity contribution is 9.10. The highest BCUT2D eigenvalue weighted by Gasteiger charge is 2.25. The predicted octanol–water partition coefficient (Wildman–Crippen LogP) is 2.74. The third kappa shape index (κ3) is 6.97. The second-order valence-corrected chi connectivity index (χ2v) is 6.48. The Labute approximate surface area is 140 Å². The molecule has 2 N–H and O–H groups in total. The van der Waals surface area contributed by atoms with Crippen LogP contribution < -0.4 is 0 Å². The maximum atomic E-state index is 11.6. The molecule has 0 aliphatic heterocycles. The average Bonchev–Trinajstić information content (AvgIpc) is 2.39. The van der Waals surface area contributed by atoms with Crippen molar-refractivity contribution in [2.24, 2.45) is 0 Å². The van der Waals surface area contributed by atoms with E-state index in [4.69, 9.17) is 9.29 Å². The van der Waals surface area contributed by atoms with Crippen molar-refractivity contribution in [1.29, 1.82) is 0 Å². The van der Waals surface area contributed by atoms with Crippen LogP contribution in [0.1, 0.15) is 38.2 Å². The highest BCUT2D eigenvalue weighted by atomic mass is 79.9. The van der Waals surface area contributed by atoms with E-state index >= 15 is 0 Å². The van der Waals surface area contributed by atoms with Crippen molar-refractivity contribution in [3.8, 4) is 0 Å². The van der Waals surface area contributed by atoms with E-state index in [0.29, 0.717) is 5.56 Å². The summed E-state index contributed by atoms with van der Waals surface area (Å²) >= 11 is 0.712. The maximum Gasteiger partial charge on any atom is 0.306 e. The molecule has 0 saturated carbocycles. The molecule has 3 atom stereocenters. The molecule has 0 aliphatic carbocycles. The summed E-state index contributed by atoms with van der Waals surface area (Å²) in [6.07, 6.45) is -1.42. The fourth-order valence-corrected chi connectivity index (χ4v) is 2.50. The lowest BCUT2D eigenvalue weighted by Crippen LogP contribution is -2.24. The number of halogens is 1. The van der Waals surface area contributed by atoms with E-state index in [9.17, 15) is 14.1 Å². The van der Waals surface area contributed by atoms with E-state index in [-0.39, 0.29) is 18.9 Å². The Hall–Kier alpha value is -0.800. The lowest BCUT2D eigenvalue weighted by Gasteiger charge is -2.21. The second-order valence-electron chi connectivity index (χ2n) is 4.94. The molecule has 0 aliphatic rings. The lowest BCUT2D eigenvalue weighted by atomic mass is 9.94. The van der Waals surface area contributed by atoms with E-state index in [0.717, 1.165) is 4.47 Å². The Morgan fingerprint density at radius 3 is 2.41 bits per heavy atom. The fourth-order valence-electron chi connectivity index (χ4n) is 1.93. The Morgan fingerprint density at radius 2 is 1.91 bits per heavy atom. The first-order chi connectivity index (χ1) is 10.3. The predicted molar refractivity (Wildman–Crippen MR) is 85.2 cm³/mol. The molecule has 0 heterocycles. The summed E-state index contributed by atoms with van der Waals surface area (Å²) in [6.45, 7) is 3.49. The quantitative estimate of drug-likeness (QED) is 0.400. The van der Waals surface area contributed by atoms with Crippen LogP contribution in [0, 0.1) is 0 Å².